The number of nitrogens with zero attached hydrogens (tertiary/aromatic N) is 1. The van der Waals surface area contributed by atoms with Gasteiger partial charge in [-0.2, -0.15) is 5.26 Å². The van der Waals surface area contributed by atoms with Crippen molar-refractivity contribution in [2.24, 2.45) is 0 Å². The average Bonchev–Trinajstić information content (AvgIpc) is 1.97. The first-order valence-electron chi connectivity index (χ1n) is 3.54. The van der Waals surface area contributed by atoms with Gasteiger partial charge in [-0.1, -0.05) is 13.3 Å². The summed E-state index contributed by atoms with van der Waals surface area (Å²) in [5, 5.41) is 8.08. The molecule has 0 rings (SSSR count). The lowest BCUT2D eigenvalue weighted by atomic mass is 10.4. The molecule has 56 valence electrons. The second-order valence-electron chi connectivity index (χ2n) is 1.96. The predicted molar refractivity (Wildman–Crippen MR) is 40.5 cm³/mol. The highest BCUT2D eigenvalue weighted by atomic mass is 16.5. The zero-order chi connectivity index (χ0) is 7.66. The van der Waals surface area contributed by atoms with Crippen molar-refractivity contribution in [2.75, 3.05) is 13.2 Å². The summed E-state index contributed by atoms with van der Waals surface area (Å²) in [5.41, 5.74) is 0. The van der Waals surface area contributed by atoms with Crippen LogP contribution in [0, 0.1) is 11.3 Å². The fraction of sp³-hybridized carbons (Fsp3) is 0.625. The average molecular weight is 139 g/mol. The molecule has 0 N–H and O–H groups in total. The molecule has 0 saturated carbocycles. The molecule has 2 heteroatoms. The number of allylic oxidation sites excluding steroid dienone is 1. The zero-order valence-corrected chi connectivity index (χ0v) is 6.34. The van der Waals surface area contributed by atoms with Crippen LogP contribution in [-0.2, 0) is 4.74 Å². The molecule has 0 aromatic rings. The second kappa shape index (κ2) is 8.19. The molecule has 0 atom stereocenters. The van der Waals surface area contributed by atoms with Gasteiger partial charge in [-0.15, -0.1) is 0 Å². The fourth-order valence-electron chi connectivity index (χ4n) is 0.499. The summed E-state index contributed by atoms with van der Waals surface area (Å²) in [6, 6.07) is 1.90. The third kappa shape index (κ3) is 7.19. The molecule has 0 saturated heterocycles. The maximum Gasteiger partial charge on any atom is 0.0909 e. The molecule has 0 heterocycles. The zero-order valence-electron chi connectivity index (χ0n) is 6.34. The second-order valence-corrected chi connectivity index (χ2v) is 1.96. The molecule has 2 nitrogen and oxygen atoms in total. The summed E-state index contributed by atoms with van der Waals surface area (Å²) < 4.78 is 5.14. The number of rotatable bonds is 5. The molecule has 0 aliphatic rings. The third-order valence-corrected chi connectivity index (χ3v) is 1.05. The minimum Gasteiger partial charge on any atom is -0.377 e. The van der Waals surface area contributed by atoms with Crippen molar-refractivity contribution in [2.45, 2.75) is 19.8 Å². The third-order valence-electron chi connectivity index (χ3n) is 1.05. The van der Waals surface area contributed by atoms with Crippen LogP contribution in [0.5, 0.6) is 0 Å². The lowest BCUT2D eigenvalue weighted by Gasteiger charge is -1.96. The summed E-state index contributed by atoms with van der Waals surface area (Å²) in [5.74, 6) is 0. The van der Waals surface area contributed by atoms with Crippen molar-refractivity contribution < 1.29 is 4.74 Å². The first-order valence-corrected chi connectivity index (χ1v) is 3.54. The Morgan fingerprint density at radius 2 is 2.40 bits per heavy atom. The maximum atomic E-state index is 8.08. The Bertz CT molecular complexity index is 124. The van der Waals surface area contributed by atoms with Crippen molar-refractivity contribution in [3.8, 4) is 6.07 Å². The van der Waals surface area contributed by atoms with Gasteiger partial charge in [0.05, 0.1) is 12.7 Å². The van der Waals surface area contributed by atoms with E-state index in [1.807, 2.05) is 6.07 Å². The molecule has 0 aromatic heterocycles. The molecule has 0 radical (unpaired) electrons. The highest BCUT2D eigenvalue weighted by Gasteiger charge is 1.81. The van der Waals surface area contributed by atoms with Crippen LogP contribution in [0.2, 0.25) is 0 Å². The van der Waals surface area contributed by atoms with E-state index in [2.05, 4.69) is 6.92 Å². The highest BCUT2D eigenvalue weighted by Crippen LogP contribution is 1.87. The Hall–Kier alpha value is -0.810. The lowest BCUT2D eigenvalue weighted by molar-refractivity contribution is 0.159. The van der Waals surface area contributed by atoms with Crippen LogP contribution < -0.4 is 0 Å². The van der Waals surface area contributed by atoms with Gasteiger partial charge < -0.3 is 4.74 Å². The Morgan fingerprint density at radius 3 is 3.00 bits per heavy atom. The minimum absolute atomic E-state index is 0.563. The van der Waals surface area contributed by atoms with Crippen LogP contribution in [0.15, 0.2) is 12.2 Å². The van der Waals surface area contributed by atoms with E-state index in [4.69, 9.17) is 10.00 Å². The standard InChI is InChI=1S/C8H13NO/c1-2-3-7-10-8-5-4-6-9/h4-5H,2-3,7-8H2,1H3/b5-4+. The van der Waals surface area contributed by atoms with Crippen molar-refractivity contribution in [1.29, 1.82) is 5.26 Å². The van der Waals surface area contributed by atoms with Gasteiger partial charge in [0.1, 0.15) is 0 Å². The quantitative estimate of drug-likeness (QED) is 0.430. The van der Waals surface area contributed by atoms with Crippen molar-refractivity contribution in [1.82, 2.24) is 0 Å². The Morgan fingerprint density at radius 1 is 1.60 bits per heavy atom. The summed E-state index contributed by atoms with van der Waals surface area (Å²) in [6.45, 7) is 3.48. The number of ether oxygens (including phenoxy) is 1. The monoisotopic (exact) mass is 139 g/mol. The molecule has 0 aliphatic carbocycles. The number of unbranched alkanes of at least 4 members (excludes halogenated alkanes) is 1. The topological polar surface area (TPSA) is 33.0 Å². The van der Waals surface area contributed by atoms with Crippen LogP contribution in [0.3, 0.4) is 0 Å². The van der Waals surface area contributed by atoms with Crippen LogP contribution in [0.25, 0.3) is 0 Å². The molecule has 0 bridgehead atoms. The lowest BCUT2D eigenvalue weighted by Crippen LogP contribution is -1.92. The molecule has 0 spiro atoms. The number of hydrogen-bond acceptors (Lipinski definition) is 2. The van der Waals surface area contributed by atoms with E-state index in [0.717, 1.165) is 19.4 Å². The fourth-order valence-corrected chi connectivity index (χ4v) is 0.499. The van der Waals surface area contributed by atoms with Gasteiger partial charge in [0.15, 0.2) is 0 Å². The Kier molecular flexibility index (Phi) is 7.53. The number of hydrogen-bond donors (Lipinski definition) is 0. The normalized spacial score (nSPS) is 10.0. The first kappa shape index (κ1) is 9.19. The van der Waals surface area contributed by atoms with Gasteiger partial charge in [-0.3, -0.25) is 0 Å². The van der Waals surface area contributed by atoms with Crippen LogP contribution in [-0.4, -0.2) is 13.2 Å². The van der Waals surface area contributed by atoms with Crippen molar-refractivity contribution in [3.05, 3.63) is 12.2 Å². The van der Waals surface area contributed by atoms with Gasteiger partial charge in [0, 0.05) is 12.7 Å². The van der Waals surface area contributed by atoms with Gasteiger partial charge in [0.25, 0.3) is 0 Å². The van der Waals surface area contributed by atoms with E-state index in [1.165, 1.54) is 6.08 Å². The molecule has 0 unspecified atom stereocenters. The summed E-state index contributed by atoms with van der Waals surface area (Å²) in [4.78, 5) is 0. The van der Waals surface area contributed by atoms with E-state index < -0.39 is 0 Å². The predicted octanol–water partition coefficient (Wildman–Crippen LogP) is 1.88. The van der Waals surface area contributed by atoms with E-state index in [1.54, 1.807) is 6.08 Å². The van der Waals surface area contributed by atoms with Crippen LogP contribution >= 0.6 is 0 Å². The van der Waals surface area contributed by atoms with E-state index >= 15 is 0 Å². The maximum absolute atomic E-state index is 8.08. The molecule has 0 aromatic carbocycles. The molecule has 0 aliphatic heterocycles. The van der Waals surface area contributed by atoms with Crippen LogP contribution in [0.1, 0.15) is 19.8 Å². The van der Waals surface area contributed by atoms with E-state index in [0.29, 0.717) is 6.61 Å². The number of nitriles is 1. The molecule has 0 amide bonds. The Balaban J connectivity index is 2.92. The SMILES string of the molecule is CCCCOC/C=C/C#N. The summed E-state index contributed by atoms with van der Waals surface area (Å²) in [6.07, 6.45) is 5.41. The van der Waals surface area contributed by atoms with Gasteiger partial charge >= 0.3 is 0 Å². The van der Waals surface area contributed by atoms with Crippen molar-refractivity contribution in [3.63, 3.8) is 0 Å². The first-order chi connectivity index (χ1) is 4.91. The highest BCUT2D eigenvalue weighted by molar-refractivity contribution is 5.01. The van der Waals surface area contributed by atoms with Gasteiger partial charge in [-0.05, 0) is 12.5 Å². The molecular formula is C8H13NO. The van der Waals surface area contributed by atoms with Crippen LogP contribution in [0.4, 0.5) is 0 Å². The molecule has 0 fully saturated rings. The van der Waals surface area contributed by atoms with Crippen molar-refractivity contribution >= 4 is 0 Å². The summed E-state index contributed by atoms with van der Waals surface area (Å²) in [7, 11) is 0. The van der Waals surface area contributed by atoms with Gasteiger partial charge in [0.2, 0.25) is 0 Å². The summed E-state index contributed by atoms with van der Waals surface area (Å²) >= 11 is 0. The van der Waals surface area contributed by atoms with Gasteiger partial charge in [-0.25, -0.2) is 0 Å². The Labute approximate surface area is 62.1 Å². The molecule has 10 heavy (non-hydrogen) atoms. The minimum atomic E-state index is 0.563. The van der Waals surface area contributed by atoms with E-state index in [-0.39, 0.29) is 0 Å². The largest absolute Gasteiger partial charge is 0.377 e. The van der Waals surface area contributed by atoms with E-state index in [9.17, 15) is 0 Å². The smallest absolute Gasteiger partial charge is 0.0909 e. The molecular weight excluding hydrogens is 126 g/mol.